The van der Waals surface area contributed by atoms with Gasteiger partial charge in [0, 0.05) is 31.9 Å². The average Bonchev–Trinajstić information content (AvgIpc) is 2.47. The molecule has 2 unspecified atom stereocenters. The van der Waals surface area contributed by atoms with Crippen LogP contribution in [0.15, 0.2) is 24.5 Å². The number of hydrogen-bond donors (Lipinski definition) is 1. The first-order valence-electron chi connectivity index (χ1n) is 7.44. The molecule has 1 aliphatic rings. The van der Waals surface area contributed by atoms with Gasteiger partial charge in [-0.25, -0.2) is 0 Å². The number of aliphatic carboxylic acids is 1. The molecule has 1 aromatic heterocycles. The molecule has 21 heavy (non-hydrogen) atoms. The molecule has 1 aromatic rings. The summed E-state index contributed by atoms with van der Waals surface area (Å²) in [6, 6.07) is 3.73. The van der Waals surface area contributed by atoms with E-state index in [-0.39, 0.29) is 24.2 Å². The number of likely N-dealkylation sites (tertiary alicyclic amines) is 1. The van der Waals surface area contributed by atoms with Gasteiger partial charge in [-0.05, 0) is 36.3 Å². The van der Waals surface area contributed by atoms with Gasteiger partial charge in [0.2, 0.25) is 5.91 Å². The van der Waals surface area contributed by atoms with Crippen molar-refractivity contribution in [2.45, 2.75) is 32.6 Å². The fourth-order valence-corrected chi connectivity index (χ4v) is 2.93. The van der Waals surface area contributed by atoms with Gasteiger partial charge in [-0.3, -0.25) is 14.6 Å². The molecule has 1 N–H and O–H groups in total. The largest absolute Gasteiger partial charge is 0.481 e. The number of carboxylic acids is 1. The second kappa shape index (κ2) is 7.20. The van der Waals surface area contributed by atoms with Crippen LogP contribution in [0.4, 0.5) is 0 Å². The summed E-state index contributed by atoms with van der Waals surface area (Å²) in [6.45, 7) is 3.41. The zero-order chi connectivity index (χ0) is 15.2. The Balaban J connectivity index is 1.91. The summed E-state index contributed by atoms with van der Waals surface area (Å²) in [5.41, 5.74) is 0.920. The van der Waals surface area contributed by atoms with Crippen LogP contribution >= 0.6 is 0 Å². The van der Waals surface area contributed by atoms with E-state index >= 15 is 0 Å². The maximum Gasteiger partial charge on any atom is 0.303 e. The van der Waals surface area contributed by atoms with E-state index in [9.17, 15) is 9.59 Å². The summed E-state index contributed by atoms with van der Waals surface area (Å²) in [5.74, 6) is -0.263. The van der Waals surface area contributed by atoms with Crippen LogP contribution in [0.2, 0.25) is 0 Å². The zero-order valence-corrected chi connectivity index (χ0v) is 12.4. The standard InChI is InChI=1S/C16H22N2O3/c1-12(8-16(20)21)14-5-3-7-18(11-14)15(19)9-13-4-2-6-17-10-13/h2,4,6,10,12,14H,3,5,7-9,11H2,1H3,(H,20,21). The van der Waals surface area contributed by atoms with Crippen LogP contribution in [-0.4, -0.2) is 40.0 Å². The summed E-state index contributed by atoms with van der Waals surface area (Å²) >= 11 is 0. The van der Waals surface area contributed by atoms with Crippen molar-refractivity contribution in [3.63, 3.8) is 0 Å². The molecule has 5 heteroatoms. The lowest BCUT2D eigenvalue weighted by Crippen LogP contribution is -2.42. The van der Waals surface area contributed by atoms with E-state index in [1.54, 1.807) is 12.4 Å². The minimum Gasteiger partial charge on any atom is -0.481 e. The lowest BCUT2D eigenvalue weighted by Gasteiger charge is -2.35. The van der Waals surface area contributed by atoms with Gasteiger partial charge in [0.25, 0.3) is 0 Å². The van der Waals surface area contributed by atoms with E-state index < -0.39 is 5.97 Å². The number of carbonyl (C=O) groups is 2. The molecule has 5 nitrogen and oxygen atoms in total. The van der Waals surface area contributed by atoms with Crippen molar-refractivity contribution in [3.8, 4) is 0 Å². The van der Waals surface area contributed by atoms with E-state index in [0.717, 1.165) is 24.9 Å². The summed E-state index contributed by atoms with van der Waals surface area (Å²) < 4.78 is 0. The molecule has 2 heterocycles. The fraction of sp³-hybridized carbons (Fsp3) is 0.562. The van der Waals surface area contributed by atoms with Crippen molar-refractivity contribution in [1.82, 2.24) is 9.88 Å². The number of piperidine rings is 1. The molecular weight excluding hydrogens is 268 g/mol. The number of amides is 1. The number of pyridine rings is 1. The Hall–Kier alpha value is -1.91. The number of hydrogen-bond acceptors (Lipinski definition) is 3. The number of nitrogens with zero attached hydrogens (tertiary/aromatic N) is 2. The third kappa shape index (κ3) is 4.55. The highest BCUT2D eigenvalue weighted by Crippen LogP contribution is 2.26. The molecule has 114 valence electrons. The highest BCUT2D eigenvalue weighted by Gasteiger charge is 2.28. The molecule has 1 aliphatic heterocycles. The fourth-order valence-electron chi connectivity index (χ4n) is 2.93. The minimum absolute atomic E-state index is 0.107. The predicted molar refractivity (Wildman–Crippen MR) is 78.7 cm³/mol. The maximum absolute atomic E-state index is 12.3. The molecular formula is C16H22N2O3. The first kappa shape index (κ1) is 15.5. The average molecular weight is 290 g/mol. The summed E-state index contributed by atoms with van der Waals surface area (Å²) in [5, 5.41) is 8.90. The summed E-state index contributed by atoms with van der Waals surface area (Å²) in [4.78, 5) is 29.1. The maximum atomic E-state index is 12.3. The van der Waals surface area contributed by atoms with Crippen molar-refractivity contribution in [2.24, 2.45) is 11.8 Å². The van der Waals surface area contributed by atoms with Crippen LogP contribution in [0, 0.1) is 11.8 Å². The van der Waals surface area contributed by atoms with Gasteiger partial charge in [0.15, 0.2) is 0 Å². The molecule has 2 atom stereocenters. The summed E-state index contributed by atoms with van der Waals surface area (Å²) in [6.07, 6.45) is 5.91. The van der Waals surface area contributed by atoms with Crippen LogP contribution in [0.1, 0.15) is 31.7 Å². The smallest absolute Gasteiger partial charge is 0.303 e. The van der Waals surface area contributed by atoms with Crippen molar-refractivity contribution < 1.29 is 14.7 Å². The molecule has 1 amide bonds. The Morgan fingerprint density at radius 1 is 1.52 bits per heavy atom. The van der Waals surface area contributed by atoms with Crippen LogP contribution in [-0.2, 0) is 16.0 Å². The molecule has 0 saturated carbocycles. The van der Waals surface area contributed by atoms with Crippen molar-refractivity contribution >= 4 is 11.9 Å². The molecule has 0 spiro atoms. The van der Waals surface area contributed by atoms with Gasteiger partial charge in [-0.2, -0.15) is 0 Å². The van der Waals surface area contributed by atoms with E-state index in [0.29, 0.717) is 13.0 Å². The Bertz CT molecular complexity index is 490. The SMILES string of the molecule is CC(CC(=O)O)C1CCCN(C(=O)Cc2cccnc2)C1. The third-order valence-corrected chi connectivity index (χ3v) is 4.19. The normalized spacial score (nSPS) is 20.0. The first-order chi connectivity index (χ1) is 10.1. The molecule has 2 rings (SSSR count). The number of rotatable bonds is 5. The van der Waals surface area contributed by atoms with Crippen LogP contribution in [0.3, 0.4) is 0 Å². The van der Waals surface area contributed by atoms with Gasteiger partial charge < -0.3 is 10.0 Å². The lowest BCUT2D eigenvalue weighted by molar-refractivity contribution is -0.138. The van der Waals surface area contributed by atoms with Crippen LogP contribution in [0.5, 0.6) is 0 Å². The number of carboxylic acid groups (broad SMARTS) is 1. The third-order valence-electron chi connectivity index (χ3n) is 4.19. The topological polar surface area (TPSA) is 70.5 Å². The van der Waals surface area contributed by atoms with Gasteiger partial charge in [0.05, 0.1) is 6.42 Å². The lowest BCUT2D eigenvalue weighted by atomic mass is 9.84. The zero-order valence-electron chi connectivity index (χ0n) is 12.4. The van der Waals surface area contributed by atoms with Crippen LogP contribution in [0.25, 0.3) is 0 Å². The molecule has 0 aliphatic carbocycles. The highest BCUT2D eigenvalue weighted by atomic mass is 16.4. The van der Waals surface area contributed by atoms with Gasteiger partial charge in [-0.1, -0.05) is 13.0 Å². The summed E-state index contributed by atoms with van der Waals surface area (Å²) in [7, 11) is 0. The molecule has 0 aromatic carbocycles. The Kier molecular flexibility index (Phi) is 5.31. The van der Waals surface area contributed by atoms with Gasteiger partial charge >= 0.3 is 5.97 Å². The monoisotopic (exact) mass is 290 g/mol. The van der Waals surface area contributed by atoms with E-state index in [4.69, 9.17) is 5.11 Å². The highest BCUT2D eigenvalue weighted by molar-refractivity contribution is 5.78. The van der Waals surface area contributed by atoms with Crippen molar-refractivity contribution in [2.75, 3.05) is 13.1 Å². The Morgan fingerprint density at radius 3 is 3.00 bits per heavy atom. The van der Waals surface area contributed by atoms with E-state index in [2.05, 4.69) is 4.98 Å². The Morgan fingerprint density at radius 2 is 2.33 bits per heavy atom. The number of carbonyl (C=O) groups excluding carboxylic acids is 1. The van der Waals surface area contributed by atoms with E-state index in [1.807, 2.05) is 24.0 Å². The quantitative estimate of drug-likeness (QED) is 0.900. The van der Waals surface area contributed by atoms with Crippen molar-refractivity contribution in [1.29, 1.82) is 0 Å². The van der Waals surface area contributed by atoms with Crippen molar-refractivity contribution in [3.05, 3.63) is 30.1 Å². The minimum atomic E-state index is -0.763. The first-order valence-corrected chi connectivity index (χ1v) is 7.44. The second-order valence-electron chi connectivity index (χ2n) is 5.86. The number of aromatic nitrogens is 1. The predicted octanol–water partition coefficient (Wildman–Crippen LogP) is 1.97. The molecule has 1 saturated heterocycles. The Labute approximate surface area is 125 Å². The van der Waals surface area contributed by atoms with E-state index in [1.165, 1.54) is 0 Å². The van der Waals surface area contributed by atoms with Gasteiger partial charge in [0.1, 0.15) is 0 Å². The van der Waals surface area contributed by atoms with Gasteiger partial charge in [-0.15, -0.1) is 0 Å². The molecule has 0 bridgehead atoms. The second-order valence-corrected chi connectivity index (χ2v) is 5.86. The molecule has 1 fully saturated rings. The van der Waals surface area contributed by atoms with Crippen LogP contribution < -0.4 is 0 Å². The molecule has 0 radical (unpaired) electrons.